The predicted octanol–water partition coefficient (Wildman–Crippen LogP) is 4.90. The van der Waals surface area contributed by atoms with Crippen LogP contribution in [0.1, 0.15) is 90.2 Å². The van der Waals surface area contributed by atoms with Crippen molar-refractivity contribution in [1.82, 2.24) is 9.55 Å². The van der Waals surface area contributed by atoms with Crippen LogP contribution in [-0.2, 0) is 12.8 Å². The molecule has 20 heavy (non-hydrogen) atoms. The van der Waals surface area contributed by atoms with Gasteiger partial charge in [-0.1, -0.05) is 52.4 Å². The van der Waals surface area contributed by atoms with E-state index in [1.54, 1.807) is 0 Å². The molecule has 0 spiro atoms. The van der Waals surface area contributed by atoms with E-state index in [-0.39, 0.29) is 0 Å². The van der Waals surface area contributed by atoms with Gasteiger partial charge in [0.1, 0.15) is 11.6 Å². The first-order chi connectivity index (χ1) is 9.61. The summed E-state index contributed by atoms with van der Waals surface area (Å²) in [6.07, 6.45) is 11.3. The van der Waals surface area contributed by atoms with E-state index in [4.69, 9.17) is 10.7 Å². The highest BCUT2D eigenvalue weighted by Gasteiger charge is 2.14. The van der Waals surface area contributed by atoms with Crippen molar-refractivity contribution in [3.63, 3.8) is 0 Å². The summed E-state index contributed by atoms with van der Waals surface area (Å²) in [5.41, 5.74) is 7.38. The molecule has 1 heterocycles. The van der Waals surface area contributed by atoms with Gasteiger partial charge in [0.05, 0.1) is 5.69 Å². The summed E-state index contributed by atoms with van der Waals surface area (Å²) >= 11 is 0. The van der Waals surface area contributed by atoms with E-state index in [9.17, 15) is 0 Å². The van der Waals surface area contributed by atoms with Gasteiger partial charge in [-0.25, -0.2) is 4.98 Å². The molecule has 1 aromatic rings. The second kappa shape index (κ2) is 9.04. The third-order valence-corrected chi connectivity index (χ3v) is 3.95. The summed E-state index contributed by atoms with van der Waals surface area (Å²) in [6, 6.07) is 0.403. The lowest BCUT2D eigenvalue weighted by Gasteiger charge is -2.12. The number of aromatic nitrogens is 2. The van der Waals surface area contributed by atoms with E-state index >= 15 is 0 Å². The Bertz CT molecular complexity index is 380. The fourth-order valence-electron chi connectivity index (χ4n) is 2.80. The maximum Gasteiger partial charge on any atom is 0.127 e. The van der Waals surface area contributed by atoms with Crippen molar-refractivity contribution < 1.29 is 0 Å². The minimum atomic E-state index is 0.403. The molecule has 0 saturated carbocycles. The van der Waals surface area contributed by atoms with Crippen molar-refractivity contribution in [2.45, 2.75) is 91.5 Å². The third kappa shape index (κ3) is 4.84. The van der Waals surface area contributed by atoms with Gasteiger partial charge < -0.3 is 10.3 Å². The number of hydrogen-bond acceptors (Lipinski definition) is 2. The molecule has 1 aromatic heterocycles. The third-order valence-electron chi connectivity index (χ3n) is 3.95. The number of nitrogens with zero attached hydrogens (tertiary/aromatic N) is 2. The first-order valence-electron chi connectivity index (χ1n) is 8.47. The lowest BCUT2D eigenvalue weighted by molar-refractivity contribution is 0.578. The van der Waals surface area contributed by atoms with Crippen LogP contribution in [0, 0.1) is 0 Å². The van der Waals surface area contributed by atoms with Gasteiger partial charge in [0.15, 0.2) is 0 Å². The molecule has 3 heteroatoms. The minimum absolute atomic E-state index is 0.403. The highest BCUT2D eigenvalue weighted by molar-refractivity contribution is 5.39. The largest absolute Gasteiger partial charge is 0.384 e. The highest BCUT2D eigenvalue weighted by atomic mass is 15.2. The molecule has 0 aliphatic carbocycles. The summed E-state index contributed by atoms with van der Waals surface area (Å²) in [6.45, 7) is 8.76. The standard InChI is InChI=1S/C17H33N3/c1-5-7-8-9-10-11-12-13-15-17(18)20(14(3)4)16(6-2)19-15/h14H,5-13,18H2,1-4H3. The Balaban J connectivity index is 2.41. The summed E-state index contributed by atoms with van der Waals surface area (Å²) in [5.74, 6) is 2.03. The molecule has 2 N–H and O–H groups in total. The fourth-order valence-corrected chi connectivity index (χ4v) is 2.80. The molecule has 0 aliphatic rings. The Kier molecular flexibility index (Phi) is 7.71. The molecule has 0 saturated heterocycles. The van der Waals surface area contributed by atoms with Crippen molar-refractivity contribution >= 4 is 5.82 Å². The van der Waals surface area contributed by atoms with Crippen molar-refractivity contribution in [3.8, 4) is 0 Å². The molecule has 0 aromatic carbocycles. The number of imidazole rings is 1. The van der Waals surface area contributed by atoms with Crippen LogP contribution in [0.3, 0.4) is 0 Å². The summed E-state index contributed by atoms with van der Waals surface area (Å²) in [5, 5.41) is 0. The maximum absolute atomic E-state index is 6.26. The average molecular weight is 279 g/mol. The summed E-state index contributed by atoms with van der Waals surface area (Å²) in [4.78, 5) is 4.73. The zero-order valence-electron chi connectivity index (χ0n) is 13.9. The lowest BCUT2D eigenvalue weighted by atomic mass is 10.1. The van der Waals surface area contributed by atoms with E-state index in [0.717, 1.165) is 30.2 Å². The number of unbranched alkanes of at least 4 members (excludes halogenated alkanes) is 6. The number of rotatable bonds is 10. The van der Waals surface area contributed by atoms with Crippen LogP contribution < -0.4 is 5.73 Å². The molecular weight excluding hydrogens is 246 g/mol. The normalized spacial score (nSPS) is 11.4. The van der Waals surface area contributed by atoms with E-state index in [1.807, 2.05) is 0 Å². The Morgan fingerprint density at radius 1 is 1.00 bits per heavy atom. The van der Waals surface area contributed by atoms with Crippen LogP contribution in [0.2, 0.25) is 0 Å². The molecule has 3 nitrogen and oxygen atoms in total. The van der Waals surface area contributed by atoms with E-state index in [0.29, 0.717) is 6.04 Å². The van der Waals surface area contributed by atoms with Crippen molar-refractivity contribution in [2.24, 2.45) is 0 Å². The minimum Gasteiger partial charge on any atom is -0.384 e. The number of aryl methyl sites for hydroxylation is 2. The molecule has 0 fully saturated rings. The quantitative estimate of drug-likeness (QED) is 0.619. The van der Waals surface area contributed by atoms with Crippen LogP contribution in [0.25, 0.3) is 0 Å². The van der Waals surface area contributed by atoms with E-state index < -0.39 is 0 Å². The topological polar surface area (TPSA) is 43.8 Å². The van der Waals surface area contributed by atoms with Crippen LogP contribution in [0.15, 0.2) is 0 Å². The first-order valence-corrected chi connectivity index (χ1v) is 8.47. The van der Waals surface area contributed by atoms with Crippen molar-refractivity contribution in [1.29, 1.82) is 0 Å². The molecule has 1 rings (SSSR count). The predicted molar refractivity (Wildman–Crippen MR) is 88.1 cm³/mol. The van der Waals surface area contributed by atoms with Gasteiger partial charge in [-0.15, -0.1) is 0 Å². The Morgan fingerprint density at radius 3 is 2.10 bits per heavy atom. The van der Waals surface area contributed by atoms with Gasteiger partial charge in [0, 0.05) is 12.5 Å². The van der Waals surface area contributed by atoms with Gasteiger partial charge in [0.2, 0.25) is 0 Å². The Morgan fingerprint density at radius 2 is 1.60 bits per heavy atom. The molecule has 116 valence electrons. The molecule has 0 unspecified atom stereocenters. The number of anilines is 1. The van der Waals surface area contributed by atoms with Gasteiger partial charge in [0.25, 0.3) is 0 Å². The smallest absolute Gasteiger partial charge is 0.127 e. The van der Waals surface area contributed by atoms with Crippen molar-refractivity contribution in [2.75, 3.05) is 5.73 Å². The first kappa shape index (κ1) is 17.1. The Labute approximate surface area is 125 Å². The van der Waals surface area contributed by atoms with Gasteiger partial charge in [-0.05, 0) is 26.7 Å². The van der Waals surface area contributed by atoms with E-state index in [2.05, 4.69) is 32.3 Å². The summed E-state index contributed by atoms with van der Waals surface area (Å²) in [7, 11) is 0. The number of hydrogen-bond donors (Lipinski definition) is 1. The summed E-state index contributed by atoms with van der Waals surface area (Å²) < 4.78 is 2.19. The molecule has 0 aliphatic heterocycles. The number of nitrogens with two attached hydrogens (primary N) is 1. The zero-order chi connectivity index (χ0) is 15.0. The van der Waals surface area contributed by atoms with Crippen LogP contribution >= 0.6 is 0 Å². The van der Waals surface area contributed by atoms with Gasteiger partial charge in [-0.2, -0.15) is 0 Å². The van der Waals surface area contributed by atoms with Crippen LogP contribution in [-0.4, -0.2) is 9.55 Å². The fraction of sp³-hybridized carbons (Fsp3) is 0.824. The van der Waals surface area contributed by atoms with Gasteiger partial charge >= 0.3 is 0 Å². The molecular formula is C17H33N3. The lowest BCUT2D eigenvalue weighted by Crippen LogP contribution is -2.09. The van der Waals surface area contributed by atoms with Crippen LogP contribution in [0.4, 0.5) is 5.82 Å². The molecule has 0 atom stereocenters. The Hall–Kier alpha value is -0.990. The highest BCUT2D eigenvalue weighted by Crippen LogP contribution is 2.22. The maximum atomic E-state index is 6.26. The molecule has 0 bridgehead atoms. The average Bonchev–Trinajstić information content (AvgIpc) is 2.74. The molecule has 0 radical (unpaired) electrons. The van der Waals surface area contributed by atoms with E-state index in [1.165, 1.54) is 44.9 Å². The zero-order valence-corrected chi connectivity index (χ0v) is 13.9. The van der Waals surface area contributed by atoms with Gasteiger partial charge in [-0.3, -0.25) is 0 Å². The second-order valence-electron chi connectivity index (χ2n) is 6.05. The monoisotopic (exact) mass is 279 g/mol. The second-order valence-corrected chi connectivity index (χ2v) is 6.05. The van der Waals surface area contributed by atoms with Crippen molar-refractivity contribution in [3.05, 3.63) is 11.5 Å². The SMILES string of the molecule is CCCCCCCCCc1nc(CC)n(C(C)C)c1N. The van der Waals surface area contributed by atoms with Crippen LogP contribution in [0.5, 0.6) is 0 Å². The molecule has 0 amide bonds. The number of nitrogen functional groups attached to an aromatic ring is 1.